The van der Waals surface area contributed by atoms with Crippen LogP contribution in [0.5, 0.6) is 0 Å². The Morgan fingerprint density at radius 2 is 1.83 bits per heavy atom. The van der Waals surface area contributed by atoms with Crippen molar-refractivity contribution in [2.45, 2.75) is 77.3 Å². The minimum absolute atomic E-state index is 0.0270. The summed E-state index contributed by atoms with van der Waals surface area (Å²) in [6.07, 6.45) is 8.56. The molecule has 2 amide bonds. The molecule has 4 rings (SSSR count). The molecular formula is C29H40FN3O2S. The van der Waals surface area contributed by atoms with Crippen molar-refractivity contribution in [3.05, 3.63) is 57.5 Å². The van der Waals surface area contributed by atoms with Gasteiger partial charge in [-0.25, -0.2) is 4.39 Å². The molecule has 0 N–H and O–H groups in total. The number of amides is 2. The average Bonchev–Trinajstić information content (AvgIpc) is 3.34. The van der Waals surface area contributed by atoms with Crippen molar-refractivity contribution in [1.82, 2.24) is 14.7 Å². The molecule has 0 radical (unpaired) electrons. The van der Waals surface area contributed by atoms with E-state index in [2.05, 4.69) is 23.3 Å². The van der Waals surface area contributed by atoms with E-state index < -0.39 is 0 Å². The Labute approximate surface area is 219 Å². The van der Waals surface area contributed by atoms with Crippen LogP contribution in [-0.2, 0) is 16.0 Å². The smallest absolute Gasteiger partial charge is 0.236 e. The maximum Gasteiger partial charge on any atom is 0.236 e. The average molecular weight is 514 g/mol. The minimum atomic E-state index is -0.253. The van der Waals surface area contributed by atoms with Crippen molar-refractivity contribution < 1.29 is 14.0 Å². The number of fused-ring (bicyclic) bond motifs is 1. The number of carbonyl (C=O) groups is 2. The summed E-state index contributed by atoms with van der Waals surface area (Å²) >= 11 is 1.74. The number of piperazine rings is 1. The Balaban J connectivity index is 1.33. The molecule has 1 aromatic heterocycles. The zero-order valence-electron chi connectivity index (χ0n) is 21.8. The molecular weight excluding hydrogens is 473 g/mol. The maximum absolute atomic E-state index is 14.1. The lowest BCUT2D eigenvalue weighted by Gasteiger charge is -2.42. The first-order valence-electron chi connectivity index (χ1n) is 13.6. The van der Waals surface area contributed by atoms with E-state index in [0.717, 1.165) is 31.4 Å². The van der Waals surface area contributed by atoms with Gasteiger partial charge in [-0.1, -0.05) is 51.2 Å². The van der Waals surface area contributed by atoms with Crippen LogP contribution in [0.15, 0.2) is 35.7 Å². The molecule has 0 saturated carbocycles. The van der Waals surface area contributed by atoms with Gasteiger partial charge in [0.25, 0.3) is 0 Å². The predicted molar refractivity (Wildman–Crippen MR) is 144 cm³/mol. The third kappa shape index (κ3) is 6.54. The van der Waals surface area contributed by atoms with Gasteiger partial charge in [-0.3, -0.25) is 14.5 Å². The molecule has 2 atom stereocenters. The number of thiophene rings is 1. The Hall–Kier alpha value is -2.25. The molecule has 1 fully saturated rings. The molecule has 7 heteroatoms. The topological polar surface area (TPSA) is 43.9 Å². The second-order valence-corrected chi connectivity index (χ2v) is 11.3. The quantitative estimate of drug-likeness (QED) is 0.386. The van der Waals surface area contributed by atoms with Crippen LogP contribution in [0.25, 0.3) is 0 Å². The number of hydrogen-bond donors (Lipinski definition) is 0. The molecule has 1 saturated heterocycles. The largest absolute Gasteiger partial charge is 0.338 e. The molecule has 0 spiro atoms. The number of rotatable bonds is 10. The van der Waals surface area contributed by atoms with Crippen LogP contribution in [-0.4, -0.2) is 65.3 Å². The highest BCUT2D eigenvalue weighted by Crippen LogP contribution is 2.37. The standard InChI is InChI=1S/C29H40FN3O2S/c1-3-4-5-6-7-8-12-27(34)33-17-16-31(20-22(33)2)28(35)21-32-15-13-26-25(14-18-36-26)29(32)23-10-9-11-24(30)19-23/h9-11,14,18-19,22,29H,3-8,12-13,15-17,20-21H2,1-2H3/t22-,29-/m1/s1. The summed E-state index contributed by atoms with van der Waals surface area (Å²) in [6, 6.07) is 8.78. The van der Waals surface area contributed by atoms with Crippen LogP contribution in [0.1, 0.15) is 80.8 Å². The zero-order valence-corrected chi connectivity index (χ0v) is 22.6. The highest BCUT2D eigenvalue weighted by atomic mass is 32.1. The van der Waals surface area contributed by atoms with Gasteiger partial charge in [0.15, 0.2) is 0 Å². The molecule has 3 heterocycles. The predicted octanol–water partition coefficient (Wildman–Crippen LogP) is 5.64. The van der Waals surface area contributed by atoms with Crippen molar-refractivity contribution in [1.29, 1.82) is 0 Å². The Morgan fingerprint density at radius 1 is 1.03 bits per heavy atom. The van der Waals surface area contributed by atoms with Gasteiger partial charge in [-0.15, -0.1) is 11.3 Å². The summed E-state index contributed by atoms with van der Waals surface area (Å²) in [7, 11) is 0. The van der Waals surface area contributed by atoms with Crippen LogP contribution in [0.3, 0.4) is 0 Å². The maximum atomic E-state index is 14.1. The molecule has 0 aliphatic carbocycles. The molecule has 0 bridgehead atoms. The number of nitrogens with zero attached hydrogens (tertiary/aromatic N) is 3. The molecule has 36 heavy (non-hydrogen) atoms. The van der Waals surface area contributed by atoms with Crippen molar-refractivity contribution in [2.75, 3.05) is 32.7 Å². The molecule has 2 aliphatic rings. The SMILES string of the molecule is CCCCCCCCC(=O)N1CCN(C(=O)CN2CCc3sccc3[C@H]2c2cccc(F)c2)C[C@H]1C. The van der Waals surface area contributed by atoms with E-state index >= 15 is 0 Å². The lowest BCUT2D eigenvalue weighted by atomic mass is 9.93. The number of unbranched alkanes of at least 4 members (excludes halogenated alkanes) is 5. The third-order valence-corrected chi connectivity index (χ3v) is 8.61. The summed E-state index contributed by atoms with van der Waals surface area (Å²) in [4.78, 5) is 33.6. The highest BCUT2D eigenvalue weighted by molar-refractivity contribution is 7.10. The second kappa shape index (κ2) is 12.8. The van der Waals surface area contributed by atoms with Crippen LogP contribution >= 0.6 is 11.3 Å². The molecule has 2 aromatic rings. The summed E-state index contributed by atoms with van der Waals surface area (Å²) in [5, 5.41) is 2.09. The van der Waals surface area contributed by atoms with E-state index in [0.29, 0.717) is 32.6 Å². The van der Waals surface area contributed by atoms with E-state index in [-0.39, 0.29) is 29.7 Å². The lowest BCUT2D eigenvalue weighted by Crippen LogP contribution is -2.57. The normalized spacial score (nSPS) is 20.4. The molecule has 196 valence electrons. The van der Waals surface area contributed by atoms with E-state index in [9.17, 15) is 14.0 Å². The summed E-state index contributed by atoms with van der Waals surface area (Å²) in [5.74, 6) is 0.0546. The van der Waals surface area contributed by atoms with Crippen LogP contribution in [0.4, 0.5) is 4.39 Å². The first kappa shape index (κ1) is 26.8. The van der Waals surface area contributed by atoms with Crippen LogP contribution in [0, 0.1) is 5.82 Å². The minimum Gasteiger partial charge on any atom is -0.338 e. The van der Waals surface area contributed by atoms with E-state index in [1.807, 2.05) is 22.8 Å². The molecule has 0 unspecified atom stereocenters. The van der Waals surface area contributed by atoms with Crippen molar-refractivity contribution in [3.63, 3.8) is 0 Å². The van der Waals surface area contributed by atoms with Gasteiger partial charge in [0.2, 0.25) is 11.8 Å². The fraction of sp³-hybridized carbons (Fsp3) is 0.586. The van der Waals surface area contributed by atoms with Crippen LogP contribution < -0.4 is 0 Å². The zero-order chi connectivity index (χ0) is 25.5. The van der Waals surface area contributed by atoms with Crippen LogP contribution in [0.2, 0.25) is 0 Å². The first-order valence-corrected chi connectivity index (χ1v) is 14.5. The van der Waals surface area contributed by atoms with Gasteiger partial charge in [-0.05, 0) is 54.5 Å². The van der Waals surface area contributed by atoms with Crippen molar-refractivity contribution in [2.24, 2.45) is 0 Å². The second-order valence-electron chi connectivity index (χ2n) is 10.3. The number of hydrogen-bond acceptors (Lipinski definition) is 4. The highest BCUT2D eigenvalue weighted by Gasteiger charge is 2.34. The van der Waals surface area contributed by atoms with Gasteiger partial charge >= 0.3 is 0 Å². The summed E-state index contributed by atoms with van der Waals surface area (Å²) < 4.78 is 14.1. The third-order valence-electron chi connectivity index (χ3n) is 7.61. The van der Waals surface area contributed by atoms with Gasteiger partial charge in [0.1, 0.15) is 5.82 Å². The van der Waals surface area contributed by atoms with Crippen molar-refractivity contribution in [3.8, 4) is 0 Å². The summed E-state index contributed by atoms with van der Waals surface area (Å²) in [6.45, 7) is 7.08. The van der Waals surface area contributed by atoms with E-state index in [1.165, 1.54) is 42.2 Å². The first-order chi connectivity index (χ1) is 17.5. The van der Waals surface area contributed by atoms with Gasteiger partial charge in [0, 0.05) is 43.5 Å². The fourth-order valence-corrected chi connectivity index (χ4v) is 6.54. The van der Waals surface area contributed by atoms with E-state index in [4.69, 9.17) is 0 Å². The lowest BCUT2D eigenvalue weighted by molar-refractivity contribution is -0.143. The van der Waals surface area contributed by atoms with Gasteiger partial charge < -0.3 is 9.80 Å². The van der Waals surface area contributed by atoms with Gasteiger partial charge in [0.05, 0.1) is 12.6 Å². The number of halogens is 1. The number of carbonyl (C=O) groups excluding carboxylic acids is 2. The molecule has 2 aliphatic heterocycles. The Morgan fingerprint density at radius 3 is 2.61 bits per heavy atom. The van der Waals surface area contributed by atoms with Gasteiger partial charge in [-0.2, -0.15) is 0 Å². The monoisotopic (exact) mass is 513 g/mol. The van der Waals surface area contributed by atoms with E-state index in [1.54, 1.807) is 23.5 Å². The Kier molecular flexibility index (Phi) is 9.54. The summed E-state index contributed by atoms with van der Waals surface area (Å²) in [5.41, 5.74) is 2.07. The number of benzene rings is 1. The fourth-order valence-electron chi connectivity index (χ4n) is 5.63. The molecule has 5 nitrogen and oxygen atoms in total. The molecule has 1 aromatic carbocycles. The Bertz CT molecular complexity index is 1030. The van der Waals surface area contributed by atoms with Crippen molar-refractivity contribution >= 4 is 23.2 Å².